The van der Waals surface area contributed by atoms with E-state index in [0.29, 0.717) is 34.4 Å². The number of nitrogens with zero attached hydrogens (tertiary/aromatic N) is 1. The van der Waals surface area contributed by atoms with Crippen LogP contribution < -0.4 is 14.8 Å². The molecule has 0 fully saturated rings. The lowest BCUT2D eigenvalue weighted by atomic mass is 10.1. The monoisotopic (exact) mass is 510 g/mol. The number of amides is 1. The minimum atomic E-state index is -0.527. The maximum absolute atomic E-state index is 12.5. The highest BCUT2D eigenvalue weighted by atomic mass is 79.9. The number of rotatable bonds is 7. The van der Waals surface area contributed by atoms with Gasteiger partial charge in [0.1, 0.15) is 18.2 Å². The predicted molar refractivity (Wildman–Crippen MR) is 130 cm³/mol. The van der Waals surface area contributed by atoms with Crippen molar-refractivity contribution in [2.24, 2.45) is 0 Å². The van der Waals surface area contributed by atoms with Crippen molar-refractivity contribution in [1.29, 1.82) is 5.26 Å². The zero-order valence-electron chi connectivity index (χ0n) is 17.5. The summed E-state index contributed by atoms with van der Waals surface area (Å²) in [6.07, 6.45) is 1.45. The number of halogens is 2. The molecule has 162 valence electrons. The third kappa shape index (κ3) is 6.13. The van der Waals surface area contributed by atoms with E-state index in [1.54, 1.807) is 30.3 Å². The van der Waals surface area contributed by atoms with Gasteiger partial charge in [-0.15, -0.1) is 0 Å². The van der Waals surface area contributed by atoms with Gasteiger partial charge in [0.05, 0.1) is 12.1 Å². The van der Waals surface area contributed by atoms with Crippen LogP contribution in [0, 0.1) is 18.3 Å². The molecule has 3 aromatic carbocycles. The largest absolute Gasteiger partial charge is 0.493 e. The Hall–Kier alpha value is -3.27. The molecule has 0 heterocycles. The minimum Gasteiger partial charge on any atom is -0.493 e. The summed E-state index contributed by atoms with van der Waals surface area (Å²) in [4.78, 5) is 12.5. The number of carbonyl (C=O) groups excluding carboxylic acids is 1. The second-order valence-corrected chi connectivity index (χ2v) is 8.27. The van der Waals surface area contributed by atoms with Gasteiger partial charge in [0.15, 0.2) is 11.5 Å². The van der Waals surface area contributed by atoms with Crippen LogP contribution in [0.5, 0.6) is 11.5 Å². The van der Waals surface area contributed by atoms with Crippen molar-refractivity contribution in [1.82, 2.24) is 0 Å². The molecule has 0 aliphatic rings. The van der Waals surface area contributed by atoms with E-state index >= 15 is 0 Å². The number of anilines is 1. The summed E-state index contributed by atoms with van der Waals surface area (Å²) in [7, 11) is 1.50. The molecule has 3 rings (SSSR count). The molecule has 0 aliphatic carbocycles. The van der Waals surface area contributed by atoms with Gasteiger partial charge in [0.25, 0.3) is 5.91 Å². The second-order valence-electron chi connectivity index (χ2n) is 6.95. The minimum absolute atomic E-state index is 0.0727. The quantitative estimate of drug-likeness (QED) is 0.289. The van der Waals surface area contributed by atoms with E-state index in [-0.39, 0.29) is 5.57 Å². The average Bonchev–Trinajstić information content (AvgIpc) is 2.76. The highest BCUT2D eigenvalue weighted by Crippen LogP contribution is 2.37. The highest BCUT2D eigenvalue weighted by molar-refractivity contribution is 9.10. The van der Waals surface area contributed by atoms with Crippen LogP contribution >= 0.6 is 27.5 Å². The molecule has 7 heteroatoms. The Balaban J connectivity index is 1.82. The third-order valence-electron chi connectivity index (χ3n) is 4.48. The fourth-order valence-electron chi connectivity index (χ4n) is 3.00. The molecule has 0 bridgehead atoms. The van der Waals surface area contributed by atoms with Crippen molar-refractivity contribution in [2.75, 3.05) is 12.4 Å². The number of nitriles is 1. The maximum atomic E-state index is 12.5. The smallest absolute Gasteiger partial charge is 0.266 e. The fourth-order valence-corrected chi connectivity index (χ4v) is 3.67. The third-order valence-corrected chi connectivity index (χ3v) is 5.25. The topological polar surface area (TPSA) is 71.3 Å². The molecule has 1 N–H and O–H groups in total. The predicted octanol–water partition coefficient (Wildman–Crippen LogP) is 6.54. The Morgan fingerprint density at radius 1 is 1.19 bits per heavy atom. The van der Waals surface area contributed by atoms with Crippen molar-refractivity contribution >= 4 is 45.2 Å². The lowest BCUT2D eigenvalue weighted by Crippen LogP contribution is -2.13. The van der Waals surface area contributed by atoms with Crippen molar-refractivity contribution in [2.45, 2.75) is 13.5 Å². The molecular weight excluding hydrogens is 492 g/mol. The van der Waals surface area contributed by atoms with Crippen LogP contribution in [0.25, 0.3) is 6.08 Å². The molecule has 3 aromatic rings. The average molecular weight is 512 g/mol. The van der Waals surface area contributed by atoms with Gasteiger partial charge in [-0.25, -0.2) is 0 Å². The van der Waals surface area contributed by atoms with Gasteiger partial charge >= 0.3 is 0 Å². The van der Waals surface area contributed by atoms with Gasteiger partial charge in [0.2, 0.25) is 0 Å². The Morgan fingerprint density at radius 3 is 2.66 bits per heavy atom. The molecule has 0 spiro atoms. The highest BCUT2D eigenvalue weighted by Gasteiger charge is 2.15. The number of methoxy groups -OCH3 is 1. The SMILES string of the molecule is COc1cc(/C=C(/C#N)C(=O)Nc2cccc(Br)c2)cc(Cl)c1OCc1cccc(C)c1. The van der Waals surface area contributed by atoms with Crippen LogP contribution in [-0.2, 0) is 11.4 Å². The van der Waals surface area contributed by atoms with Crippen molar-refractivity contribution in [3.05, 3.63) is 92.4 Å². The van der Waals surface area contributed by atoms with E-state index in [1.165, 1.54) is 13.2 Å². The van der Waals surface area contributed by atoms with Crippen LogP contribution in [0.15, 0.2) is 70.7 Å². The number of ether oxygens (including phenoxy) is 2. The molecule has 32 heavy (non-hydrogen) atoms. The van der Waals surface area contributed by atoms with Crippen molar-refractivity contribution < 1.29 is 14.3 Å². The van der Waals surface area contributed by atoms with E-state index in [0.717, 1.165) is 15.6 Å². The van der Waals surface area contributed by atoms with E-state index in [1.807, 2.05) is 43.3 Å². The first-order valence-corrected chi connectivity index (χ1v) is 10.8. The normalized spacial score (nSPS) is 10.9. The number of aryl methyl sites for hydroxylation is 1. The number of hydrogen-bond acceptors (Lipinski definition) is 4. The zero-order chi connectivity index (χ0) is 23.1. The van der Waals surface area contributed by atoms with Gasteiger partial charge < -0.3 is 14.8 Å². The maximum Gasteiger partial charge on any atom is 0.266 e. The molecule has 0 radical (unpaired) electrons. The van der Waals surface area contributed by atoms with Gasteiger partial charge in [-0.05, 0) is 54.5 Å². The first kappa shape index (κ1) is 23.4. The molecule has 0 saturated carbocycles. The summed E-state index contributed by atoms with van der Waals surface area (Å²) in [6, 6.07) is 20.3. The summed E-state index contributed by atoms with van der Waals surface area (Å²) < 4.78 is 12.1. The molecule has 0 atom stereocenters. The van der Waals surface area contributed by atoms with E-state index in [9.17, 15) is 10.1 Å². The molecule has 0 saturated heterocycles. The van der Waals surface area contributed by atoms with Gasteiger partial charge in [-0.3, -0.25) is 4.79 Å². The Kier molecular flexibility index (Phi) is 7.93. The summed E-state index contributed by atoms with van der Waals surface area (Å²) in [5.74, 6) is 0.270. The van der Waals surface area contributed by atoms with E-state index < -0.39 is 5.91 Å². The van der Waals surface area contributed by atoms with Crippen LogP contribution in [0.4, 0.5) is 5.69 Å². The van der Waals surface area contributed by atoms with Crippen molar-refractivity contribution in [3.63, 3.8) is 0 Å². The summed E-state index contributed by atoms with van der Waals surface area (Å²) in [5, 5.41) is 12.5. The number of carbonyl (C=O) groups is 1. The Morgan fingerprint density at radius 2 is 1.97 bits per heavy atom. The first-order valence-electron chi connectivity index (χ1n) is 9.64. The van der Waals surface area contributed by atoms with Gasteiger partial charge in [-0.2, -0.15) is 5.26 Å². The summed E-state index contributed by atoms with van der Waals surface area (Å²) in [5.41, 5.74) is 3.17. The first-order chi connectivity index (χ1) is 15.4. The van der Waals surface area contributed by atoms with Crippen molar-refractivity contribution in [3.8, 4) is 17.6 Å². The number of nitrogens with one attached hydrogen (secondary N) is 1. The fraction of sp³-hybridized carbons (Fsp3) is 0.120. The van der Waals surface area contributed by atoms with Crippen LogP contribution in [0.1, 0.15) is 16.7 Å². The van der Waals surface area contributed by atoms with Gasteiger partial charge in [0, 0.05) is 10.2 Å². The second kappa shape index (κ2) is 10.9. The lowest BCUT2D eigenvalue weighted by molar-refractivity contribution is -0.112. The molecular formula is C25H20BrClN2O3. The van der Waals surface area contributed by atoms with Gasteiger partial charge in [-0.1, -0.05) is 63.4 Å². The Bertz CT molecular complexity index is 1220. The number of hydrogen-bond donors (Lipinski definition) is 1. The standard InChI is InChI=1S/C25H20BrClN2O3/c1-16-5-3-6-17(9-16)15-32-24-22(27)11-18(12-23(24)31-2)10-19(14-28)25(30)29-21-8-4-7-20(26)13-21/h3-13H,15H2,1-2H3,(H,29,30)/b19-10-. The van der Waals surface area contributed by atoms with E-state index in [4.69, 9.17) is 21.1 Å². The zero-order valence-corrected chi connectivity index (χ0v) is 19.8. The lowest BCUT2D eigenvalue weighted by Gasteiger charge is -2.14. The molecule has 0 unspecified atom stereocenters. The summed E-state index contributed by atoms with van der Waals surface area (Å²) in [6.45, 7) is 2.34. The number of benzene rings is 3. The van der Waals surface area contributed by atoms with Crippen LogP contribution in [0.3, 0.4) is 0 Å². The summed E-state index contributed by atoms with van der Waals surface area (Å²) >= 11 is 9.79. The molecule has 0 aromatic heterocycles. The van der Waals surface area contributed by atoms with Crippen LogP contribution in [0.2, 0.25) is 5.02 Å². The van der Waals surface area contributed by atoms with Crippen LogP contribution in [-0.4, -0.2) is 13.0 Å². The van der Waals surface area contributed by atoms with E-state index in [2.05, 4.69) is 21.2 Å². The molecule has 5 nitrogen and oxygen atoms in total. The Labute approximate surface area is 200 Å². The molecule has 1 amide bonds. The molecule has 0 aliphatic heterocycles.